The van der Waals surface area contributed by atoms with Crippen LogP contribution in [-0.2, 0) is 14.8 Å². The van der Waals surface area contributed by atoms with Crippen LogP contribution in [-0.4, -0.2) is 36.9 Å². The van der Waals surface area contributed by atoms with Crippen LogP contribution in [0.1, 0.15) is 35.4 Å². The molecule has 2 aromatic carbocycles. The highest BCUT2D eigenvalue weighted by Crippen LogP contribution is 2.30. The summed E-state index contributed by atoms with van der Waals surface area (Å²) < 4.78 is 47.5. The number of carbonyl (C=O) groups is 1. The SMILES string of the molecule is Cc1noc(C=Cc2ccccc2F)c1S(=O)(=O)N1CCCC(C(=O)Nc2cccc(C#N)c2)C1. The maximum absolute atomic E-state index is 14.0. The van der Waals surface area contributed by atoms with Crippen molar-refractivity contribution in [2.24, 2.45) is 5.92 Å². The zero-order chi connectivity index (χ0) is 25.0. The van der Waals surface area contributed by atoms with E-state index in [0.29, 0.717) is 24.1 Å². The molecule has 35 heavy (non-hydrogen) atoms. The van der Waals surface area contributed by atoms with Gasteiger partial charge in [-0.2, -0.15) is 9.57 Å². The molecule has 3 aromatic rings. The van der Waals surface area contributed by atoms with Gasteiger partial charge in [-0.3, -0.25) is 4.79 Å². The normalized spacial score (nSPS) is 16.8. The van der Waals surface area contributed by atoms with Crippen LogP contribution in [0.2, 0.25) is 0 Å². The fourth-order valence-corrected chi connectivity index (χ4v) is 5.76. The van der Waals surface area contributed by atoms with E-state index in [-0.39, 0.29) is 40.9 Å². The predicted molar refractivity (Wildman–Crippen MR) is 128 cm³/mol. The van der Waals surface area contributed by atoms with Crippen LogP contribution in [0, 0.1) is 30.0 Å². The van der Waals surface area contributed by atoms with Gasteiger partial charge in [0, 0.05) is 24.3 Å². The maximum Gasteiger partial charge on any atom is 0.248 e. The van der Waals surface area contributed by atoms with Crippen LogP contribution >= 0.6 is 0 Å². The number of piperidine rings is 1. The third kappa shape index (κ3) is 5.31. The molecule has 1 aliphatic rings. The van der Waals surface area contributed by atoms with Gasteiger partial charge in [-0.1, -0.05) is 29.4 Å². The van der Waals surface area contributed by atoms with E-state index in [1.165, 1.54) is 29.4 Å². The van der Waals surface area contributed by atoms with Gasteiger partial charge in [-0.25, -0.2) is 12.8 Å². The zero-order valence-corrected chi connectivity index (χ0v) is 19.8. The van der Waals surface area contributed by atoms with Gasteiger partial charge in [0.25, 0.3) is 0 Å². The number of benzene rings is 2. The average molecular weight is 495 g/mol. The lowest BCUT2D eigenvalue weighted by molar-refractivity contribution is -0.120. The Morgan fingerprint density at radius 1 is 1.26 bits per heavy atom. The third-order valence-electron chi connectivity index (χ3n) is 5.76. The van der Waals surface area contributed by atoms with Crippen LogP contribution in [0.25, 0.3) is 12.2 Å². The van der Waals surface area contributed by atoms with Crippen molar-refractivity contribution in [3.05, 3.63) is 76.9 Å². The molecule has 1 amide bonds. The van der Waals surface area contributed by atoms with E-state index in [1.807, 2.05) is 6.07 Å². The van der Waals surface area contributed by atoms with Crippen LogP contribution in [0.3, 0.4) is 0 Å². The Kier molecular flexibility index (Phi) is 7.10. The smallest absolute Gasteiger partial charge is 0.248 e. The molecule has 4 rings (SSSR count). The molecule has 180 valence electrons. The number of nitrogens with zero attached hydrogens (tertiary/aromatic N) is 3. The number of rotatable bonds is 6. The number of hydrogen-bond donors (Lipinski definition) is 1. The first kappa shape index (κ1) is 24.3. The Morgan fingerprint density at radius 3 is 2.83 bits per heavy atom. The number of aromatic nitrogens is 1. The van der Waals surface area contributed by atoms with Gasteiger partial charge in [-0.15, -0.1) is 0 Å². The van der Waals surface area contributed by atoms with E-state index in [2.05, 4.69) is 10.5 Å². The summed E-state index contributed by atoms with van der Waals surface area (Å²) in [7, 11) is -4.04. The Balaban J connectivity index is 1.54. The Labute approximate surface area is 202 Å². The van der Waals surface area contributed by atoms with Crippen LogP contribution in [0.4, 0.5) is 10.1 Å². The summed E-state index contributed by atoms with van der Waals surface area (Å²) in [5.41, 5.74) is 1.34. The molecule has 1 saturated heterocycles. The summed E-state index contributed by atoms with van der Waals surface area (Å²) in [6.07, 6.45) is 3.83. The second kappa shape index (κ2) is 10.2. The number of hydrogen-bond acceptors (Lipinski definition) is 6. The average Bonchev–Trinajstić information content (AvgIpc) is 3.24. The number of anilines is 1. The third-order valence-corrected chi connectivity index (χ3v) is 7.79. The van der Waals surface area contributed by atoms with Crippen molar-refractivity contribution in [3.63, 3.8) is 0 Å². The molecule has 1 atom stereocenters. The molecule has 1 N–H and O–H groups in total. The molecule has 10 heteroatoms. The molecule has 0 saturated carbocycles. The molecular formula is C25H23FN4O4S. The number of aryl methyl sites for hydroxylation is 1. The molecule has 1 unspecified atom stereocenters. The quantitative estimate of drug-likeness (QED) is 0.549. The van der Waals surface area contributed by atoms with Gasteiger partial charge < -0.3 is 9.84 Å². The first-order valence-electron chi connectivity index (χ1n) is 11.0. The van der Waals surface area contributed by atoms with E-state index in [0.717, 1.165) is 0 Å². The molecule has 1 aromatic heterocycles. The second-order valence-corrected chi connectivity index (χ2v) is 10.1. The topological polar surface area (TPSA) is 116 Å². The van der Waals surface area contributed by atoms with E-state index < -0.39 is 21.8 Å². The molecule has 0 aliphatic carbocycles. The lowest BCUT2D eigenvalue weighted by atomic mass is 9.98. The Hall–Kier alpha value is -3.81. The van der Waals surface area contributed by atoms with E-state index in [9.17, 15) is 17.6 Å². The number of nitriles is 1. The predicted octanol–water partition coefficient (Wildman–Crippen LogP) is 4.20. The minimum atomic E-state index is -4.04. The summed E-state index contributed by atoms with van der Waals surface area (Å²) in [6.45, 7) is 1.76. The fourth-order valence-electron chi connectivity index (χ4n) is 3.99. The fraction of sp³-hybridized carbons (Fsp3) is 0.240. The summed E-state index contributed by atoms with van der Waals surface area (Å²) in [5, 5.41) is 15.6. The monoisotopic (exact) mass is 494 g/mol. The standard InChI is InChI=1S/C25H23FN4O4S/c1-17-24(23(34-29-17)12-11-19-7-2-3-10-22(19)26)35(32,33)30-13-5-8-20(16-30)25(31)28-21-9-4-6-18(14-21)15-27/h2-4,6-7,9-12,14,20H,5,8,13,16H2,1H3,(H,28,31). The lowest BCUT2D eigenvalue weighted by Crippen LogP contribution is -2.43. The van der Waals surface area contributed by atoms with E-state index in [1.54, 1.807) is 42.5 Å². The van der Waals surface area contributed by atoms with Crippen molar-refractivity contribution < 1.29 is 22.1 Å². The molecule has 1 fully saturated rings. The van der Waals surface area contributed by atoms with Crippen molar-refractivity contribution in [1.29, 1.82) is 5.26 Å². The first-order chi connectivity index (χ1) is 16.8. The van der Waals surface area contributed by atoms with Gasteiger partial charge in [0.15, 0.2) is 10.7 Å². The van der Waals surface area contributed by atoms with E-state index >= 15 is 0 Å². The Morgan fingerprint density at radius 2 is 2.06 bits per heavy atom. The lowest BCUT2D eigenvalue weighted by Gasteiger charge is -2.31. The Bertz CT molecular complexity index is 1430. The van der Waals surface area contributed by atoms with Gasteiger partial charge in [0.1, 0.15) is 11.5 Å². The van der Waals surface area contributed by atoms with Gasteiger partial charge in [0.05, 0.1) is 17.6 Å². The van der Waals surface area contributed by atoms with Gasteiger partial charge in [-0.05, 0) is 56.2 Å². The highest BCUT2D eigenvalue weighted by Gasteiger charge is 2.37. The minimum absolute atomic E-state index is 0.00675. The van der Waals surface area contributed by atoms with Gasteiger partial charge in [0.2, 0.25) is 15.9 Å². The second-order valence-electron chi connectivity index (χ2n) is 8.20. The molecule has 8 nitrogen and oxygen atoms in total. The highest BCUT2D eigenvalue weighted by molar-refractivity contribution is 7.89. The number of nitrogens with one attached hydrogen (secondary N) is 1. The van der Waals surface area contributed by atoms with E-state index in [4.69, 9.17) is 9.78 Å². The number of carbonyl (C=O) groups excluding carboxylic acids is 1. The summed E-state index contributed by atoms with van der Waals surface area (Å²) in [4.78, 5) is 12.8. The zero-order valence-electron chi connectivity index (χ0n) is 18.9. The number of amides is 1. The molecule has 0 spiro atoms. The van der Waals surface area contributed by atoms with Crippen molar-refractivity contribution >= 4 is 33.8 Å². The van der Waals surface area contributed by atoms with Crippen molar-refractivity contribution in [1.82, 2.24) is 9.46 Å². The first-order valence-corrected chi connectivity index (χ1v) is 12.4. The molecule has 1 aliphatic heterocycles. The summed E-state index contributed by atoms with van der Waals surface area (Å²) in [6, 6.07) is 14.6. The molecule has 0 radical (unpaired) electrons. The number of sulfonamides is 1. The van der Waals surface area contributed by atoms with Crippen LogP contribution in [0.15, 0.2) is 57.9 Å². The molecular weight excluding hydrogens is 471 g/mol. The van der Waals surface area contributed by atoms with Crippen LogP contribution < -0.4 is 5.32 Å². The minimum Gasteiger partial charge on any atom is -0.355 e. The van der Waals surface area contributed by atoms with Gasteiger partial charge >= 0.3 is 0 Å². The summed E-state index contributed by atoms with van der Waals surface area (Å²) in [5.74, 6) is -1.34. The number of halogens is 1. The van der Waals surface area contributed by atoms with Crippen molar-refractivity contribution in [2.75, 3.05) is 18.4 Å². The van der Waals surface area contributed by atoms with Crippen molar-refractivity contribution in [3.8, 4) is 6.07 Å². The molecule has 0 bridgehead atoms. The highest BCUT2D eigenvalue weighted by atomic mass is 32.2. The summed E-state index contributed by atoms with van der Waals surface area (Å²) >= 11 is 0. The van der Waals surface area contributed by atoms with Crippen molar-refractivity contribution in [2.45, 2.75) is 24.7 Å². The largest absolute Gasteiger partial charge is 0.355 e. The maximum atomic E-state index is 14.0. The molecule has 2 heterocycles. The van der Waals surface area contributed by atoms with Crippen LogP contribution in [0.5, 0.6) is 0 Å².